The molecule has 0 unspecified atom stereocenters. The first-order valence-electron chi connectivity index (χ1n) is 8.01. The lowest BCUT2D eigenvalue weighted by molar-refractivity contribution is 0.291. The van der Waals surface area contributed by atoms with Crippen LogP contribution >= 0.6 is 11.6 Å². The smallest absolute Gasteiger partial charge is 0.243 e. The molecule has 0 spiro atoms. The van der Waals surface area contributed by atoms with E-state index >= 15 is 0 Å². The van der Waals surface area contributed by atoms with Gasteiger partial charge < -0.3 is 15.0 Å². The Kier molecular flexibility index (Phi) is 4.38. The minimum absolute atomic E-state index is 0.0576. The molecule has 0 amide bonds. The molecule has 5 nitrogen and oxygen atoms in total. The number of rotatable bonds is 4. The van der Waals surface area contributed by atoms with Crippen molar-refractivity contribution in [2.24, 2.45) is 0 Å². The van der Waals surface area contributed by atoms with Crippen molar-refractivity contribution in [3.8, 4) is 5.88 Å². The summed E-state index contributed by atoms with van der Waals surface area (Å²) in [6.07, 6.45) is 4.62. The lowest BCUT2D eigenvalue weighted by atomic mass is 10.1. The topological polar surface area (TPSA) is 62.8 Å². The zero-order valence-corrected chi connectivity index (χ0v) is 14.1. The number of nitrogens with zero attached hydrogens (tertiary/aromatic N) is 2. The van der Waals surface area contributed by atoms with Gasteiger partial charge in [-0.25, -0.2) is 14.4 Å². The highest BCUT2D eigenvalue weighted by Gasteiger charge is 2.15. The van der Waals surface area contributed by atoms with Gasteiger partial charge in [-0.1, -0.05) is 23.7 Å². The highest BCUT2D eigenvalue weighted by Crippen LogP contribution is 2.27. The molecule has 1 aliphatic rings. The predicted molar refractivity (Wildman–Crippen MR) is 95.1 cm³/mol. The second kappa shape index (κ2) is 6.82. The van der Waals surface area contributed by atoms with E-state index < -0.39 is 5.82 Å². The van der Waals surface area contributed by atoms with Crippen LogP contribution in [0, 0.1) is 5.82 Å². The SMILES string of the molecule is Fc1cc(Cl)ccc1COc1nc(C2=CCNCC2)cc2[nH]cnc12. The Morgan fingerprint density at radius 2 is 2.20 bits per heavy atom. The van der Waals surface area contributed by atoms with Crippen LogP contribution in [0.5, 0.6) is 5.88 Å². The molecule has 7 heteroatoms. The first-order chi connectivity index (χ1) is 12.2. The minimum atomic E-state index is -0.400. The Balaban J connectivity index is 1.66. The van der Waals surface area contributed by atoms with Crippen LogP contribution in [0.2, 0.25) is 5.02 Å². The van der Waals surface area contributed by atoms with Crippen molar-refractivity contribution >= 4 is 28.2 Å². The molecule has 1 aromatic carbocycles. The first kappa shape index (κ1) is 16.1. The fourth-order valence-electron chi connectivity index (χ4n) is 2.82. The van der Waals surface area contributed by atoms with E-state index in [1.54, 1.807) is 18.5 Å². The number of ether oxygens (including phenoxy) is 1. The molecule has 0 radical (unpaired) electrons. The van der Waals surface area contributed by atoms with E-state index in [0.29, 0.717) is 22.0 Å². The van der Waals surface area contributed by atoms with Gasteiger partial charge in [-0.05, 0) is 36.7 Å². The number of aromatic nitrogens is 3. The number of hydrogen-bond donors (Lipinski definition) is 2. The number of benzene rings is 1. The molecule has 0 bridgehead atoms. The van der Waals surface area contributed by atoms with Crippen molar-refractivity contribution in [1.82, 2.24) is 20.3 Å². The van der Waals surface area contributed by atoms with E-state index in [1.807, 2.05) is 6.07 Å². The standard InChI is InChI=1S/C18H16ClFN4O/c19-13-2-1-12(14(20)7-13)9-25-18-17-16(22-10-23-17)8-15(24-18)11-3-5-21-6-4-11/h1-3,7-8,10,21H,4-6,9H2,(H,22,23). The van der Waals surface area contributed by atoms with Gasteiger partial charge in [0.15, 0.2) is 5.52 Å². The van der Waals surface area contributed by atoms with Crippen LogP contribution in [-0.4, -0.2) is 28.0 Å². The third-order valence-electron chi connectivity index (χ3n) is 4.15. The summed E-state index contributed by atoms with van der Waals surface area (Å²) >= 11 is 5.79. The van der Waals surface area contributed by atoms with Gasteiger partial charge in [0.2, 0.25) is 5.88 Å². The fraction of sp³-hybridized carbons (Fsp3) is 0.222. The third kappa shape index (κ3) is 3.36. The van der Waals surface area contributed by atoms with Crippen LogP contribution in [0.15, 0.2) is 36.7 Å². The summed E-state index contributed by atoms with van der Waals surface area (Å²) < 4.78 is 19.8. The Morgan fingerprint density at radius 1 is 1.28 bits per heavy atom. The highest BCUT2D eigenvalue weighted by molar-refractivity contribution is 6.30. The Bertz CT molecular complexity index is 953. The number of imidazole rings is 1. The van der Waals surface area contributed by atoms with E-state index in [9.17, 15) is 4.39 Å². The first-order valence-corrected chi connectivity index (χ1v) is 8.39. The Hall–Kier alpha value is -2.44. The summed E-state index contributed by atoms with van der Waals surface area (Å²) in [5.41, 5.74) is 3.91. The summed E-state index contributed by atoms with van der Waals surface area (Å²) in [6.45, 7) is 1.80. The summed E-state index contributed by atoms with van der Waals surface area (Å²) in [5.74, 6) is -0.00878. The van der Waals surface area contributed by atoms with Crippen LogP contribution in [0.1, 0.15) is 17.7 Å². The molecule has 0 saturated carbocycles. The Morgan fingerprint density at radius 3 is 3.00 bits per heavy atom. The number of nitrogens with one attached hydrogen (secondary N) is 2. The van der Waals surface area contributed by atoms with Gasteiger partial charge in [0.25, 0.3) is 0 Å². The third-order valence-corrected chi connectivity index (χ3v) is 4.38. The van der Waals surface area contributed by atoms with Crippen LogP contribution in [0.3, 0.4) is 0 Å². The van der Waals surface area contributed by atoms with Crippen LogP contribution < -0.4 is 10.1 Å². The average Bonchev–Trinajstić information content (AvgIpc) is 3.10. The van der Waals surface area contributed by atoms with Crippen molar-refractivity contribution in [2.75, 3.05) is 13.1 Å². The number of H-pyrrole nitrogens is 1. The maximum absolute atomic E-state index is 14.0. The lowest BCUT2D eigenvalue weighted by Crippen LogP contribution is -2.20. The van der Waals surface area contributed by atoms with E-state index in [4.69, 9.17) is 16.3 Å². The van der Waals surface area contributed by atoms with Gasteiger partial charge in [-0.3, -0.25) is 0 Å². The maximum atomic E-state index is 14.0. The zero-order valence-electron chi connectivity index (χ0n) is 13.4. The van der Waals surface area contributed by atoms with Crippen molar-refractivity contribution in [3.63, 3.8) is 0 Å². The monoisotopic (exact) mass is 358 g/mol. The summed E-state index contributed by atoms with van der Waals surface area (Å²) in [4.78, 5) is 12.0. The van der Waals surface area contributed by atoms with E-state index in [1.165, 1.54) is 6.07 Å². The second-order valence-electron chi connectivity index (χ2n) is 5.82. The minimum Gasteiger partial charge on any atom is -0.471 e. The van der Waals surface area contributed by atoms with Crippen molar-refractivity contribution in [1.29, 1.82) is 0 Å². The molecule has 0 saturated heterocycles. The van der Waals surface area contributed by atoms with Crippen LogP contribution in [0.25, 0.3) is 16.6 Å². The van der Waals surface area contributed by atoms with Gasteiger partial charge in [0.05, 0.1) is 17.5 Å². The van der Waals surface area contributed by atoms with E-state index in [2.05, 4.69) is 26.3 Å². The van der Waals surface area contributed by atoms with Crippen molar-refractivity contribution < 1.29 is 9.13 Å². The summed E-state index contributed by atoms with van der Waals surface area (Å²) in [5, 5.41) is 3.64. The van der Waals surface area contributed by atoms with E-state index in [0.717, 1.165) is 36.3 Å². The molecule has 0 fully saturated rings. The largest absolute Gasteiger partial charge is 0.471 e. The van der Waals surface area contributed by atoms with Crippen molar-refractivity contribution in [2.45, 2.75) is 13.0 Å². The molecule has 0 aliphatic carbocycles. The molecule has 25 heavy (non-hydrogen) atoms. The van der Waals surface area contributed by atoms with E-state index in [-0.39, 0.29) is 6.61 Å². The fourth-order valence-corrected chi connectivity index (χ4v) is 2.98. The molecule has 128 valence electrons. The quantitative estimate of drug-likeness (QED) is 0.746. The summed E-state index contributed by atoms with van der Waals surface area (Å²) in [6, 6.07) is 6.49. The molecular weight excluding hydrogens is 343 g/mol. The number of aromatic amines is 1. The molecule has 2 aromatic heterocycles. The number of hydrogen-bond acceptors (Lipinski definition) is 4. The van der Waals surface area contributed by atoms with Gasteiger partial charge in [-0.2, -0.15) is 0 Å². The molecule has 2 N–H and O–H groups in total. The molecule has 4 rings (SSSR count). The van der Waals surface area contributed by atoms with Gasteiger partial charge >= 0.3 is 0 Å². The predicted octanol–water partition coefficient (Wildman–Crippen LogP) is 3.71. The van der Waals surface area contributed by atoms with Gasteiger partial charge in [0.1, 0.15) is 12.4 Å². The maximum Gasteiger partial charge on any atom is 0.243 e. The normalized spacial score (nSPS) is 14.6. The molecule has 3 heterocycles. The summed E-state index contributed by atoms with van der Waals surface area (Å²) in [7, 11) is 0. The Labute approximate surface area is 148 Å². The molecular formula is C18H16ClFN4O. The van der Waals surface area contributed by atoms with Gasteiger partial charge in [-0.15, -0.1) is 0 Å². The van der Waals surface area contributed by atoms with Crippen LogP contribution in [0.4, 0.5) is 4.39 Å². The average molecular weight is 359 g/mol. The van der Waals surface area contributed by atoms with Crippen LogP contribution in [-0.2, 0) is 6.61 Å². The highest BCUT2D eigenvalue weighted by atomic mass is 35.5. The van der Waals surface area contributed by atoms with Gasteiger partial charge in [0, 0.05) is 17.1 Å². The molecule has 3 aromatic rings. The lowest BCUT2D eigenvalue weighted by Gasteiger charge is -2.15. The molecule has 1 aliphatic heterocycles. The molecule has 0 atom stereocenters. The second-order valence-corrected chi connectivity index (χ2v) is 6.26. The number of halogens is 2. The number of pyridine rings is 1. The zero-order chi connectivity index (χ0) is 17.2. The number of fused-ring (bicyclic) bond motifs is 1. The van der Waals surface area contributed by atoms with Crippen molar-refractivity contribution in [3.05, 3.63) is 58.8 Å².